The van der Waals surface area contributed by atoms with Crippen LogP contribution in [-0.4, -0.2) is 25.5 Å². The SMILES string of the molecule is O=C1NC[C@H]2CNC[C@@H]2c2c1sc1ccccc21. The molecule has 18 heavy (non-hydrogen) atoms. The van der Waals surface area contributed by atoms with Crippen LogP contribution in [0.1, 0.15) is 21.2 Å². The fourth-order valence-electron chi connectivity index (χ4n) is 3.19. The topological polar surface area (TPSA) is 41.1 Å². The third-order valence-electron chi connectivity index (χ3n) is 4.08. The van der Waals surface area contributed by atoms with E-state index in [-0.39, 0.29) is 5.91 Å². The van der Waals surface area contributed by atoms with Gasteiger partial charge < -0.3 is 10.6 Å². The molecule has 4 heteroatoms. The summed E-state index contributed by atoms with van der Waals surface area (Å²) in [6.07, 6.45) is 0. The van der Waals surface area contributed by atoms with Gasteiger partial charge in [-0.05, 0) is 22.9 Å². The molecule has 2 aromatic rings. The van der Waals surface area contributed by atoms with Crippen LogP contribution in [0.4, 0.5) is 0 Å². The lowest BCUT2D eigenvalue weighted by Crippen LogP contribution is -2.28. The highest BCUT2D eigenvalue weighted by Crippen LogP contribution is 2.41. The zero-order valence-electron chi connectivity index (χ0n) is 9.90. The van der Waals surface area contributed by atoms with Crippen molar-refractivity contribution in [2.24, 2.45) is 5.92 Å². The van der Waals surface area contributed by atoms with Gasteiger partial charge in [0.2, 0.25) is 0 Å². The normalized spacial score (nSPS) is 26.6. The standard InChI is InChI=1S/C14H14N2OS/c17-14-13-12(9-3-1-2-4-11(9)18-13)10-7-15-5-8(10)6-16-14/h1-4,8,10,15H,5-7H2,(H,16,17)/t8-,10+/m1/s1. The lowest BCUT2D eigenvalue weighted by Gasteiger charge is -2.15. The smallest absolute Gasteiger partial charge is 0.261 e. The van der Waals surface area contributed by atoms with Crippen molar-refractivity contribution in [1.29, 1.82) is 0 Å². The maximum Gasteiger partial charge on any atom is 0.261 e. The van der Waals surface area contributed by atoms with E-state index < -0.39 is 0 Å². The molecule has 1 fully saturated rings. The number of benzene rings is 1. The maximum atomic E-state index is 12.2. The zero-order chi connectivity index (χ0) is 12.1. The first kappa shape index (κ1) is 10.5. The molecule has 2 N–H and O–H groups in total. The van der Waals surface area contributed by atoms with Gasteiger partial charge in [-0.2, -0.15) is 0 Å². The largest absolute Gasteiger partial charge is 0.351 e. The lowest BCUT2D eigenvalue weighted by atomic mass is 9.88. The maximum absolute atomic E-state index is 12.2. The molecule has 2 aliphatic heterocycles. The number of thiophene rings is 1. The van der Waals surface area contributed by atoms with Crippen molar-refractivity contribution >= 4 is 27.3 Å². The Balaban J connectivity index is 2.02. The van der Waals surface area contributed by atoms with Crippen LogP contribution in [0, 0.1) is 5.92 Å². The van der Waals surface area contributed by atoms with E-state index in [2.05, 4.69) is 28.8 Å². The van der Waals surface area contributed by atoms with Gasteiger partial charge in [0.1, 0.15) is 0 Å². The van der Waals surface area contributed by atoms with Gasteiger partial charge >= 0.3 is 0 Å². The first-order valence-corrected chi connectivity index (χ1v) is 7.16. The highest BCUT2D eigenvalue weighted by atomic mass is 32.1. The van der Waals surface area contributed by atoms with E-state index in [9.17, 15) is 4.79 Å². The van der Waals surface area contributed by atoms with Gasteiger partial charge in [-0.1, -0.05) is 18.2 Å². The van der Waals surface area contributed by atoms with Crippen LogP contribution in [0.5, 0.6) is 0 Å². The third kappa shape index (κ3) is 1.36. The van der Waals surface area contributed by atoms with Gasteiger partial charge in [0, 0.05) is 30.3 Å². The Kier molecular flexibility index (Phi) is 2.22. The number of hydrogen-bond acceptors (Lipinski definition) is 3. The molecule has 1 aromatic carbocycles. The summed E-state index contributed by atoms with van der Waals surface area (Å²) in [5.74, 6) is 1.13. The molecule has 3 nitrogen and oxygen atoms in total. The van der Waals surface area contributed by atoms with Crippen LogP contribution in [0.2, 0.25) is 0 Å². The lowest BCUT2D eigenvalue weighted by molar-refractivity contribution is 0.0956. The van der Waals surface area contributed by atoms with E-state index in [1.807, 2.05) is 6.07 Å². The van der Waals surface area contributed by atoms with E-state index in [0.29, 0.717) is 11.8 Å². The van der Waals surface area contributed by atoms with Gasteiger partial charge in [-0.25, -0.2) is 0 Å². The van der Waals surface area contributed by atoms with Crippen LogP contribution in [0.25, 0.3) is 10.1 Å². The minimum absolute atomic E-state index is 0.112. The summed E-state index contributed by atoms with van der Waals surface area (Å²) < 4.78 is 1.23. The molecule has 2 aliphatic rings. The molecule has 92 valence electrons. The average molecular weight is 258 g/mol. The number of carbonyl (C=O) groups is 1. The highest BCUT2D eigenvalue weighted by molar-refractivity contribution is 7.21. The van der Waals surface area contributed by atoms with Crippen molar-refractivity contribution in [3.05, 3.63) is 34.7 Å². The van der Waals surface area contributed by atoms with E-state index in [0.717, 1.165) is 24.5 Å². The molecule has 0 spiro atoms. The fourth-order valence-corrected chi connectivity index (χ4v) is 4.38. The van der Waals surface area contributed by atoms with Crippen molar-refractivity contribution < 1.29 is 4.79 Å². The van der Waals surface area contributed by atoms with Crippen LogP contribution in [0.3, 0.4) is 0 Å². The molecule has 0 aliphatic carbocycles. The second-order valence-corrected chi connectivity index (χ2v) is 6.13. The summed E-state index contributed by atoms with van der Waals surface area (Å²) in [4.78, 5) is 13.1. The summed E-state index contributed by atoms with van der Waals surface area (Å²) in [6.45, 7) is 2.80. The number of nitrogens with one attached hydrogen (secondary N) is 2. The van der Waals surface area contributed by atoms with Crippen molar-refractivity contribution in [2.75, 3.05) is 19.6 Å². The molecule has 3 heterocycles. The van der Waals surface area contributed by atoms with E-state index in [1.165, 1.54) is 15.6 Å². The molecular formula is C14H14N2OS. The molecule has 1 aromatic heterocycles. The van der Waals surface area contributed by atoms with Crippen LogP contribution < -0.4 is 10.6 Å². The number of rotatable bonds is 0. The van der Waals surface area contributed by atoms with Gasteiger partial charge in [0.25, 0.3) is 5.91 Å². The van der Waals surface area contributed by atoms with Crippen LogP contribution in [0.15, 0.2) is 24.3 Å². The van der Waals surface area contributed by atoms with E-state index >= 15 is 0 Å². The van der Waals surface area contributed by atoms with Crippen molar-refractivity contribution in [3.63, 3.8) is 0 Å². The number of fused-ring (bicyclic) bond motifs is 5. The van der Waals surface area contributed by atoms with Crippen molar-refractivity contribution in [1.82, 2.24) is 10.6 Å². The summed E-state index contributed by atoms with van der Waals surface area (Å²) in [5, 5.41) is 7.79. The molecule has 0 radical (unpaired) electrons. The predicted octanol–water partition coefficient (Wildman–Crippen LogP) is 1.95. The van der Waals surface area contributed by atoms with E-state index in [1.54, 1.807) is 11.3 Å². The molecule has 0 bridgehead atoms. The Bertz CT molecular complexity index is 634. The Morgan fingerprint density at radius 1 is 1.17 bits per heavy atom. The summed E-state index contributed by atoms with van der Waals surface area (Å²) >= 11 is 1.63. The van der Waals surface area contributed by atoms with Gasteiger partial charge in [-0.3, -0.25) is 4.79 Å². The average Bonchev–Trinajstić information content (AvgIpc) is 2.96. The number of hydrogen-bond donors (Lipinski definition) is 2. The Labute approximate surface area is 109 Å². The zero-order valence-corrected chi connectivity index (χ0v) is 10.7. The second-order valence-electron chi connectivity index (χ2n) is 5.08. The first-order chi connectivity index (χ1) is 8.84. The van der Waals surface area contributed by atoms with Gasteiger partial charge in [-0.15, -0.1) is 11.3 Å². The molecule has 0 unspecified atom stereocenters. The Morgan fingerprint density at radius 2 is 2.06 bits per heavy atom. The summed E-state index contributed by atoms with van der Waals surface area (Å²) in [5.41, 5.74) is 1.28. The Morgan fingerprint density at radius 3 is 3.00 bits per heavy atom. The number of carbonyl (C=O) groups excluding carboxylic acids is 1. The quantitative estimate of drug-likeness (QED) is 0.758. The van der Waals surface area contributed by atoms with Crippen LogP contribution in [-0.2, 0) is 0 Å². The predicted molar refractivity (Wildman–Crippen MR) is 73.3 cm³/mol. The minimum Gasteiger partial charge on any atom is -0.351 e. The summed E-state index contributed by atoms with van der Waals surface area (Å²) in [7, 11) is 0. The monoisotopic (exact) mass is 258 g/mol. The second kappa shape index (κ2) is 3.80. The summed E-state index contributed by atoms with van der Waals surface area (Å²) in [6, 6.07) is 8.37. The highest BCUT2D eigenvalue weighted by Gasteiger charge is 2.36. The molecule has 1 amide bonds. The molecule has 0 saturated carbocycles. The Hall–Kier alpha value is -1.39. The van der Waals surface area contributed by atoms with Crippen LogP contribution >= 0.6 is 11.3 Å². The molecule has 4 rings (SSSR count). The molecule has 2 atom stereocenters. The minimum atomic E-state index is 0.112. The first-order valence-electron chi connectivity index (χ1n) is 6.35. The fraction of sp³-hybridized carbons (Fsp3) is 0.357. The third-order valence-corrected chi connectivity index (χ3v) is 5.26. The van der Waals surface area contributed by atoms with Gasteiger partial charge in [0.05, 0.1) is 4.88 Å². The van der Waals surface area contributed by atoms with E-state index in [4.69, 9.17) is 0 Å². The molecule has 1 saturated heterocycles. The van der Waals surface area contributed by atoms with Crippen molar-refractivity contribution in [2.45, 2.75) is 5.92 Å². The van der Waals surface area contributed by atoms with Crippen molar-refractivity contribution in [3.8, 4) is 0 Å². The molecular weight excluding hydrogens is 244 g/mol. The number of amides is 1. The van der Waals surface area contributed by atoms with Gasteiger partial charge in [0.15, 0.2) is 0 Å².